The van der Waals surface area contributed by atoms with Gasteiger partial charge in [0.15, 0.2) is 0 Å². The van der Waals surface area contributed by atoms with Gasteiger partial charge in [-0.1, -0.05) is 44.2 Å². The van der Waals surface area contributed by atoms with Gasteiger partial charge in [0.05, 0.1) is 9.31 Å². The van der Waals surface area contributed by atoms with Crippen LogP contribution in [0.3, 0.4) is 0 Å². The first-order chi connectivity index (χ1) is 11.9. The summed E-state index contributed by atoms with van der Waals surface area (Å²) in [6.45, 7) is 4.51. The Morgan fingerprint density at radius 3 is 2.48 bits per heavy atom. The smallest absolute Gasteiger partial charge is 0.310 e. The third-order valence-corrected chi connectivity index (χ3v) is 5.46. The fourth-order valence-electron chi connectivity index (χ4n) is 3.27. The molecule has 2 atom stereocenters. The minimum Gasteiger partial charge on any atom is -0.461 e. The molecule has 25 heavy (non-hydrogen) atoms. The molecule has 0 amide bonds. The van der Waals surface area contributed by atoms with Gasteiger partial charge < -0.3 is 9.72 Å². The van der Waals surface area contributed by atoms with Crippen LogP contribution in [0.5, 0.6) is 0 Å². The van der Waals surface area contributed by atoms with Crippen molar-refractivity contribution in [3.63, 3.8) is 0 Å². The molecule has 1 aromatic heterocycles. The van der Waals surface area contributed by atoms with E-state index in [4.69, 9.17) is 4.74 Å². The number of aromatic amines is 1. The third-order valence-electron chi connectivity index (χ3n) is 4.93. The lowest BCUT2D eigenvalue weighted by Gasteiger charge is -2.07. The van der Waals surface area contributed by atoms with Crippen LogP contribution in [-0.4, -0.2) is 11.0 Å². The van der Waals surface area contributed by atoms with Crippen LogP contribution in [0.1, 0.15) is 30.7 Å². The molecule has 1 saturated carbocycles. The second-order valence-electron chi connectivity index (χ2n) is 7.08. The van der Waals surface area contributed by atoms with E-state index in [1.165, 1.54) is 11.3 Å². The van der Waals surface area contributed by atoms with Crippen molar-refractivity contribution in [3.05, 3.63) is 68.9 Å². The molecule has 5 heteroatoms. The summed E-state index contributed by atoms with van der Waals surface area (Å²) in [6, 6.07) is 12.3. The molecule has 3 nitrogen and oxygen atoms in total. The Balaban J connectivity index is 1.53. The van der Waals surface area contributed by atoms with Crippen molar-refractivity contribution in [1.29, 1.82) is 0 Å². The van der Waals surface area contributed by atoms with Crippen LogP contribution < -0.4 is 0 Å². The van der Waals surface area contributed by atoms with Crippen molar-refractivity contribution < 1.29 is 9.53 Å². The molecular formula is C20H21Br2NO2. The van der Waals surface area contributed by atoms with Crippen LogP contribution in [0, 0.1) is 17.3 Å². The molecule has 1 aromatic carbocycles. The average Bonchev–Trinajstić information content (AvgIpc) is 2.91. The number of ether oxygens (including phenoxy) is 1. The van der Waals surface area contributed by atoms with E-state index in [9.17, 15) is 4.79 Å². The molecule has 1 aliphatic carbocycles. The Hall–Kier alpha value is -1.33. The SMILES string of the molecule is CC1(C)C(C=C(Br)Br)C1C(=O)OCc1ccc(Cc2ccc[nH]2)cc1. The zero-order valence-electron chi connectivity index (χ0n) is 14.3. The molecule has 1 aliphatic rings. The number of H-pyrrole nitrogens is 1. The van der Waals surface area contributed by atoms with Gasteiger partial charge >= 0.3 is 5.97 Å². The normalized spacial score (nSPS) is 20.8. The lowest BCUT2D eigenvalue weighted by Crippen LogP contribution is -2.10. The summed E-state index contributed by atoms with van der Waals surface area (Å²) in [5.74, 6) is 0.00429. The van der Waals surface area contributed by atoms with Crippen molar-refractivity contribution in [3.8, 4) is 0 Å². The van der Waals surface area contributed by atoms with Crippen LogP contribution in [0.25, 0.3) is 0 Å². The van der Waals surface area contributed by atoms with Crippen LogP contribution in [0.4, 0.5) is 0 Å². The zero-order chi connectivity index (χ0) is 18.0. The monoisotopic (exact) mass is 465 g/mol. The van der Waals surface area contributed by atoms with E-state index in [2.05, 4.69) is 68.9 Å². The lowest BCUT2D eigenvalue weighted by atomic mass is 10.1. The van der Waals surface area contributed by atoms with Crippen LogP contribution in [0.2, 0.25) is 0 Å². The van der Waals surface area contributed by atoms with Crippen molar-refractivity contribution in [1.82, 2.24) is 4.98 Å². The Labute approximate surface area is 165 Å². The number of rotatable bonds is 6. The highest BCUT2D eigenvalue weighted by Gasteiger charge is 2.61. The first-order valence-corrected chi connectivity index (χ1v) is 9.86. The molecule has 2 aromatic rings. The maximum Gasteiger partial charge on any atom is 0.310 e. The molecule has 0 aliphatic heterocycles. The first kappa shape index (κ1) is 18.5. The molecule has 2 unspecified atom stereocenters. The van der Waals surface area contributed by atoms with Gasteiger partial charge in [-0.05, 0) is 66.5 Å². The number of carbonyl (C=O) groups excluding carboxylic acids is 1. The number of esters is 1. The van der Waals surface area contributed by atoms with E-state index in [1.54, 1.807) is 0 Å². The van der Waals surface area contributed by atoms with Crippen molar-refractivity contribution in [2.24, 2.45) is 17.3 Å². The standard InChI is InChI=1S/C20H21Br2NO2/c1-20(2)16(11-17(21)22)18(20)19(24)25-12-14-7-5-13(6-8-14)10-15-4-3-9-23-15/h3-9,11,16,18,23H,10,12H2,1-2H3. The quantitative estimate of drug-likeness (QED) is 0.567. The number of halogens is 2. The van der Waals surface area contributed by atoms with Gasteiger partial charge in [0.25, 0.3) is 0 Å². The third kappa shape index (κ3) is 4.45. The number of aromatic nitrogens is 1. The van der Waals surface area contributed by atoms with E-state index in [-0.39, 0.29) is 23.2 Å². The van der Waals surface area contributed by atoms with Gasteiger partial charge in [0.2, 0.25) is 0 Å². The Morgan fingerprint density at radius 1 is 1.20 bits per heavy atom. The molecule has 1 fully saturated rings. The molecule has 0 radical (unpaired) electrons. The molecule has 0 saturated heterocycles. The van der Waals surface area contributed by atoms with Crippen LogP contribution in [-0.2, 0) is 22.6 Å². The summed E-state index contributed by atoms with van der Waals surface area (Å²) >= 11 is 6.74. The Bertz CT molecular complexity index is 760. The number of benzene rings is 1. The number of hydrogen-bond donors (Lipinski definition) is 1. The molecule has 132 valence electrons. The highest BCUT2D eigenvalue weighted by atomic mass is 79.9. The van der Waals surface area contributed by atoms with Crippen molar-refractivity contribution >= 4 is 37.8 Å². The molecule has 1 N–H and O–H groups in total. The highest BCUT2D eigenvalue weighted by molar-refractivity contribution is 9.28. The van der Waals surface area contributed by atoms with Gasteiger partial charge in [-0.3, -0.25) is 4.79 Å². The van der Waals surface area contributed by atoms with Gasteiger partial charge in [0, 0.05) is 18.3 Å². The van der Waals surface area contributed by atoms with E-state index in [1.807, 2.05) is 30.5 Å². The number of allylic oxidation sites excluding steroid dienone is 1. The highest BCUT2D eigenvalue weighted by Crippen LogP contribution is 2.60. The van der Waals surface area contributed by atoms with E-state index in [0.29, 0.717) is 6.61 Å². The number of carbonyl (C=O) groups is 1. The minimum atomic E-state index is -0.122. The van der Waals surface area contributed by atoms with Crippen molar-refractivity contribution in [2.45, 2.75) is 26.9 Å². The van der Waals surface area contributed by atoms with E-state index < -0.39 is 0 Å². The summed E-state index contributed by atoms with van der Waals surface area (Å²) in [5, 5.41) is 0. The van der Waals surface area contributed by atoms with Crippen molar-refractivity contribution in [2.75, 3.05) is 0 Å². The summed E-state index contributed by atoms with van der Waals surface area (Å²) in [6.07, 6.45) is 4.83. The fourth-order valence-corrected chi connectivity index (χ4v) is 3.84. The van der Waals surface area contributed by atoms with Crippen LogP contribution in [0.15, 0.2) is 52.1 Å². The van der Waals surface area contributed by atoms with Gasteiger partial charge in [0.1, 0.15) is 6.61 Å². The zero-order valence-corrected chi connectivity index (χ0v) is 17.4. The number of hydrogen-bond acceptors (Lipinski definition) is 2. The Morgan fingerprint density at radius 2 is 1.88 bits per heavy atom. The van der Waals surface area contributed by atoms with Gasteiger partial charge in [-0.15, -0.1) is 0 Å². The molecule has 1 heterocycles. The Kier molecular flexibility index (Phi) is 5.54. The lowest BCUT2D eigenvalue weighted by molar-refractivity contribution is -0.147. The summed E-state index contributed by atoms with van der Waals surface area (Å²) in [4.78, 5) is 15.6. The minimum absolute atomic E-state index is 0.0518. The van der Waals surface area contributed by atoms with E-state index in [0.717, 1.165) is 15.4 Å². The average molecular weight is 467 g/mol. The molecule has 0 spiro atoms. The second kappa shape index (κ2) is 7.50. The van der Waals surface area contributed by atoms with Crippen LogP contribution >= 0.6 is 31.9 Å². The topological polar surface area (TPSA) is 42.1 Å². The molecule has 3 rings (SSSR count). The number of nitrogens with one attached hydrogen (secondary N) is 1. The maximum atomic E-state index is 12.4. The summed E-state index contributed by atoms with van der Waals surface area (Å²) in [5.41, 5.74) is 3.38. The van der Waals surface area contributed by atoms with Gasteiger partial charge in [-0.25, -0.2) is 0 Å². The fraction of sp³-hybridized carbons (Fsp3) is 0.350. The predicted octanol–water partition coefficient (Wildman–Crippen LogP) is 5.55. The van der Waals surface area contributed by atoms with Gasteiger partial charge in [-0.2, -0.15) is 0 Å². The van der Waals surface area contributed by atoms with E-state index >= 15 is 0 Å². The summed E-state index contributed by atoms with van der Waals surface area (Å²) < 4.78 is 6.42. The largest absolute Gasteiger partial charge is 0.461 e. The molecular weight excluding hydrogens is 446 g/mol. The predicted molar refractivity (Wildman–Crippen MR) is 107 cm³/mol. The maximum absolute atomic E-state index is 12.4. The second-order valence-corrected chi connectivity index (χ2v) is 9.85. The molecule has 0 bridgehead atoms. The first-order valence-electron chi connectivity index (χ1n) is 8.27. The summed E-state index contributed by atoms with van der Waals surface area (Å²) in [7, 11) is 0.